The summed E-state index contributed by atoms with van der Waals surface area (Å²) >= 11 is 0. The van der Waals surface area contributed by atoms with Crippen LogP contribution in [0.2, 0.25) is 0 Å². The van der Waals surface area contributed by atoms with Crippen molar-refractivity contribution in [1.29, 1.82) is 0 Å². The average Bonchev–Trinajstić information content (AvgIpc) is 3.12. The van der Waals surface area contributed by atoms with Crippen molar-refractivity contribution in [2.45, 2.75) is 52.0 Å². The number of rotatable bonds is 8. The van der Waals surface area contributed by atoms with Crippen LogP contribution < -0.4 is 10.1 Å². The molecule has 0 saturated heterocycles. The Balaban J connectivity index is 1.91. The summed E-state index contributed by atoms with van der Waals surface area (Å²) in [6, 6.07) is 18.7. The quantitative estimate of drug-likeness (QED) is 0.504. The Morgan fingerprint density at radius 1 is 0.931 bits per heavy atom. The molecule has 3 atom stereocenters. The smallest absolute Gasteiger partial charge is 0.134 e. The van der Waals surface area contributed by atoms with Gasteiger partial charge < -0.3 is 24.7 Å². The molecular formula is C24H29NO4. The SMILES string of the molecule is Cc1ccc(-c2cccc(N[C@H](c3cccc(OC(C)C)c3)[C@H](O)[C@H](C)O)c2)o1. The lowest BCUT2D eigenvalue weighted by Gasteiger charge is -2.28. The first kappa shape index (κ1) is 21.0. The molecule has 0 bridgehead atoms. The number of furan rings is 1. The summed E-state index contributed by atoms with van der Waals surface area (Å²) < 4.78 is 11.5. The number of aliphatic hydroxyl groups excluding tert-OH is 2. The Labute approximate surface area is 172 Å². The largest absolute Gasteiger partial charge is 0.491 e. The molecular weight excluding hydrogens is 366 g/mol. The van der Waals surface area contributed by atoms with E-state index in [4.69, 9.17) is 9.15 Å². The van der Waals surface area contributed by atoms with Crippen LogP contribution in [0.15, 0.2) is 65.1 Å². The summed E-state index contributed by atoms with van der Waals surface area (Å²) in [6.07, 6.45) is -1.86. The molecule has 3 aromatic rings. The van der Waals surface area contributed by atoms with Crippen LogP contribution in [-0.2, 0) is 0 Å². The standard InChI is InChI=1S/C24H29NO4/c1-15(2)28-21-10-6-8-19(14-21)23(24(27)17(4)26)25-20-9-5-7-18(13-20)22-12-11-16(3)29-22/h5-15,17,23-27H,1-4H3/t17-,23+,24+/m0/s1. The topological polar surface area (TPSA) is 74.9 Å². The van der Waals surface area contributed by atoms with Gasteiger partial charge >= 0.3 is 0 Å². The van der Waals surface area contributed by atoms with Gasteiger partial charge in [-0.25, -0.2) is 0 Å². The molecule has 0 radical (unpaired) electrons. The highest BCUT2D eigenvalue weighted by atomic mass is 16.5. The van der Waals surface area contributed by atoms with Crippen molar-refractivity contribution in [2.75, 3.05) is 5.32 Å². The molecule has 0 aliphatic heterocycles. The highest BCUT2D eigenvalue weighted by Crippen LogP contribution is 2.30. The second-order valence-corrected chi connectivity index (χ2v) is 7.58. The van der Waals surface area contributed by atoms with Crippen LogP contribution in [0.4, 0.5) is 5.69 Å². The van der Waals surface area contributed by atoms with Crippen molar-refractivity contribution in [3.63, 3.8) is 0 Å². The number of hydrogen-bond acceptors (Lipinski definition) is 5. The fourth-order valence-electron chi connectivity index (χ4n) is 3.23. The number of ether oxygens (including phenoxy) is 1. The molecule has 0 aliphatic carbocycles. The van der Waals surface area contributed by atoms with Crippen LogP contribution in [0.3, 0.4) is 0 Å². The maximum atomic E-state index is 10.7. The van der Waals surface area contributed by atoms with Crippen LogP contribution in [0.25, 0.3) is 11.3 Å². The maximum Gasteiger partial charge on any atom is 0.134 e. The lowest BCUT2D eigenvalue weighted by atomic mass is 9.97. The first-order valence-corrected chi connectivity index (χ1v) is 9.89. The Morgan fingerprint density at radius 2 is 1.69 bits per heavy atom. The molecule has 0 amide bonds. The predicted molar refractivity (Wildman–Crippen MR) is 115 cm³/mol. The lowest BCUT2D eigenvalue weighted by molar-refractivity contribution is 0.0189. The monoisotopic (exact) mass is 395 g/mol. The zero-order valence-electron chi connectivity index (χ0n) is 17.3. The third-order valence-electron chi connectivity index (χ3n) is 4.63. The fraction of sp³-hybridized carbons (Fsp3) is 0.333. The van der Waals surface area contributed by atoms with Crippen LogP contribution >= 0.6 is 0 Å². The minimum atomic E-state index is -1.00. The molecule has 0 fully saturated rings. The zero-order chi connectivity index (χ0) is 21.0. The summed E-state index contributed by atoms with van der Waals surface area (Å²) in [5.74, 6) is 2.36. The molecule has 1 aromatic heterocycles. The van der Waals surface area contributed by atoms with E-state index in [0.717, 1.165) is 34.1 Å². The maximum absolute atomic E-state index is 10.7. The Morgan fingerprint density at radius 3 is 2.34 bits per heavy atom. The van der Waals surface area contributed by atoms with E-state index in [1.54, 1.807) is 6.92 Å². The first-order valence-electron chi connectivity index (χ1n) is 9.89. The van der Waals surface area contributed by atoms with E-state index < -0.39 is 18.2 Å². The molecule has 5 heteroatoms. The summed E-state index contributed by atoms with van der Waals surface area (Å²) in [4.78, 5) is 0. The van der Waals surface area contributed by atoms with Crippen molar-refractivity contribution in [1.82, 2.24) is 0 Å². The summed E-state index contributed by atoms with van der Waals surface area (Å²) in [6.45, 7) is 7.42. The van der Waals surface area contributed by atoms with Crippen LogP contribution in [-0.4, -0.2) is 28.5 Å². The van der Waals surface area contributed by atoms with Gasteiger partial charge in [0.1, 0.15) is 23.4 Å². The van der Waals surface area contributed by atoms with Gasteiger partial charge in [0, 0.05) is 11.3 Å². The van der Waals surface area contributed by atoms with Crippen molar-refractivity contribution < 1.29 is 19.4 Å². The van der Waals surface area contributed by atoms with Gasteiger partial charge in [0.25, 0.3) is 0 Å². The minimum absolute atomic E-state index is 0.0479. The molecule has 2 aromatic carbocycles. The van der Waals surface area contributed by atoms with E-state index in [9.17, 15) is 10.2 Å². The number of aliphatic hydroxyl groups is 2. The second kappa shape index (κ2) is 9.16. The number of nitrogens with one attached hydrogen (secondary N) is 1. The number of aryl methyl sites for hydroxylation is 1. The average molecular weight is 395 g/mol. The van der Waals surface area contributed by atoms with E-state index >= 15 is 0 Å². The van der Waals surface area contributed by atoms with E-state index in [2.05, 4.69) is 5.32 Å². The van der Waals surface area contributed by atoms with Gasteiger partial charge in [0.05, 0.1) is 18.2 Å². The van der Waals surface area contributed by atoms with Crippen molar-refractivity contribution in [2.24, 2.45) is 0 Å². The molecule has 29 heavy (non-hydrogen) atoms. The number of anilines is 1. The van der Waals surface area contributed by atoms with Crippen molar-refractivity contribution >= 4 is 5.69 Å². The van der Waals surface area contributed by atoms with Crippen LogP contribution in [0, 0.1) is 6.92 Å². The molecule has 1 heterocycles. The van der Waals surface area contributed by atoms with E-state index in [1.807, 2.05) is 81.4 Å². The van der Waals surface area contributed by atoms with E-state index in [-0.39, 0.29) is 6.10 Å². The normalized spacial score (nSPS) is 14.4. The summed E-state index contributed by atoms with van der Waals surface area (Å²) in [5.41, 5.74) is 2.58. The third-order valence-corrected chi connectivity index (χ3v) is 4.63. The van der Waals surface area contributed by atoms with Gasteiger partial charge in [-0.2, -0.15) is 0 Å². The number of hydrogen-bond donors (Lipinski definition) is 3. The summed E-state index contributed by atoms with van der Waals surface area (Å²) in [7, 11) is 0. The van der Waals surface area contributed by atoms with E-state index in [1.165, 1.54) is 0 Å². The van der Waals surface area contributed by atoms with Crippen molar-refractivity contribution in [3.8, 4) is 17.1 Å². The van der Waals surface area contributed by atoms with Crippen LogP contribution in [0.5, 0.6) is 5.75 Å². The molecule has 3 N–H and O–H groups in total. The second-order valence-electron chi connectivity index (χ2n) is 7.58. The van der Waals surface area contributed by atoms with Gasteiger partial charge in [-0.3, -0.25) is 0 Å². The van der Waals surface area contributed by atoms with E-state index in [0.29, 0.717) is 0 Å². The minimum Gasteiger partial charge on any atom is -0.491 e. The predicted octanol–water partition coefficient (Wildman–Crippen LogP) is 4.94. The van der Waals surface area contributed by atoms with Gasteiger partial charge in [-0.1, -0.05) is 24.3 Å². The fourth-order valence-corrected chi connectivity index (χ4v) is 3.23. The zero-order valence-corrected chi connectivity index (χ0v) is 17.3. The van der Waals surface area contributed by atoms with Gasteiger partial charge in [0.15, 0.2) is 0 Å². The van der Waals surface area contributed by atoms with Gasteiger partial charge in [-0.05, 0) is 69.7 Å². The molecule has 3 rings (SSSR count). The van der Waals surface area contributed by atoms with Crippen molar-refractivity contribution in [3.05, 3.63) is 72.0 Å². The molecule has 0 saturated carbocycles. The molecule has 0 aliphatic rings. The molecule has 0 unspecified atom stereocenters. The van der Waals surface area contributed by atoms with Gasteiger partial charge in [0.2, 0.25) is 0 Å². The third kappa shape index (κ3) is 5.40. The highest BCUT2D eigenvalue weighted by Gasteiger charge is 2.26. The highest BCUT2D eigenvalue weighted by molar-refractivity contribution is 5.64. The van der Waals surface area contributed by atoms with Gasteiger partial charge in [-0.15, -0.1) is 0 Å². The Hall–Kier alpha value is -2.76. The Bertz CT molecular complexity index is 932. The molecule has 154 valence electrons. The summed E-state index contributed by atoms with van der Waals surface area (Å²) in [5, 5.41) is 24.1. The number of benzene rings is 2. The molecule has 0 spiro atoms. The Kier molecular flexibility index (Phi) is 6.62. The lowest BCUT2D eigenvalue weighted by Crippen LogP contribution is -2.34. The van der Waals surface area contributed by atoms with Crippen LogP contribution in [0.1, 0.15) is 38.1 Å². The molecule has 5 nitrogen and oxygen atoms in total. The first-order chi connectivity index (χ1) is 13.8.